The van der Waals surface area contributed by atoms with E-state index in [4.69, 9.17) is 9.72 Å². The Labute approximate surface area is 246 Å². The Morgan fingerprint density at radius 2 is 1.81 bits per heavy atom. The smallest absolute Gasteiger partial charge is 0.328 e. The highest BCUT2D eigenvalue weighted by Gasteiger charge is 2.25. The van der Waals surface area contributed by atoms with Gasteiger partial charge in [0.25, 0.3) is 0 Å². The number of hydrogen-bond acceptors (Lipinski definition) is 6. The van der Waals surface area contributed by atoms with Crippen molar-refractivity contribution < 1.29 is 9.13 Å². The Kier molecular flexibility index (Phi) is 5.83. The van der Waals surface area contributed by atoms with Gasteiger partial charge in [0.2, 0.25) is 0 Å². The molecular weight excluding hydrogens is 549 g/mol. The Bertz CT molecular complexity index is 2090. The van der Waals surface area contributed by atoms with Crippen LogP contribution in [0.4, 0.5) is 10.1 Å². The summed E-state index contributed by atoms with van der Waals surface area (Å²) >= 11 is 0. The molecule has 0 N–H and O–H groups in total. The maximum atomic E-state index is 16.0. The molecule has 12 heteroatoms. The number of rotatable bonds is 6. The molecule has 0 amide bonds. The van der Waals surface area contributed by atoms with Gasteiger partial charge in [0, 0.05) is 64.2 Å². The second kappa shape index (κ2) is 9.66. The minimum Gasteiger partial charge on any atom is -0.378 e. The molecule has 2 aliphatic rings. The minimum absolute atomic E-state index is 0.109. The van der Waals surface area contributed by atoms with Gasteiger partial charge in [0.1, 0.15) is 11.5 Å². The van der Waals surface area contributed by atoms with E-state index in [1.165, 1.54) is 12.8 Å². The van der Waals surface area contributed by atoms with E-state index in [-0.39, 0.29) is 11.5 Å². The van der Waals surface area contributed by atoms with E-state index in [9.17, 15) is 4.79 Å². The molecule has 0 unspecified atom stereocenters. The number of benzene rings is 2. The average Bonchev–Trinajstić information content (AvgIpc) is 3.28. The summed E-state index contributed by atoms with van der Waals surface area (Å²) in [6.45, 7) is 3.47. The first kappa shape index (κ1) is 26.0. The number of anilines is 1. The van der Waals surface area contributed by atoms with Gasteiger partial charge in [-0.1, -0.05) is 0 Å². The molecule has 0 bridgehead atoms. The van der Waals surface area contributed by atoms with Crippen LogP contribution in [0.1, 0.15) is 12.8 Å². The summed E-state index contributed by atoms with van der Waals surface area (Å²) in [5, 5.41) is 4.49. The van der Waals surface area contributed by atoms with Crippen molar-refractivity contribution in [1.29, 1.82) is 0 Å². The molecule has 11 nitrogen and oxygen atoms in total. The van der Waals surface area contributed by atoms with Gasteiger partial charge in [-0.05, 0) is 37.0 Å². The molecule has 8 rings (SSSR count). The summed E-state index contributed by atoms with van der Waals surface area (Å²) < 4.78 is 30.7. The number of halogens is 1. The van der Waals surface area contributed by atoms with Crippen LogP contribution >= 0.6 is 0 Å². The number of morpholine rings is 1. The van der Waals surface area contributed by atoms with Crippen LogP contribution in [-0.2, 0) is 32.4 Å². The Hall–Kier alpha value is -4.71. The van der Waals surface area contributed by atoms with Crippen molar-refractivity contribution in [3.63, 3.8) is 0 Å². The molecule has 2 aromatic carbocycles. The van der Waals surface area contributed by atoms with Gasteiger partial charge in [-0.15, -0.1) is 0 Å². The third-order valence-electron chi connectivity index (χ3n) is 8.81. The maximum Gasteiger partial charge on any atom is 0.328 e. The van der Waals surface area contributed by atoms with Gasteiger partial charge in [0.15, 0.2) is 5.82 Å². The lowest BCUT2D eigenvalue weighted by atomic mass is 10.1. The zero-order chi connectivity index (χ0) is 29.4. The molecule has 1 saturated heterocycles. The van der Waals surface area contributed by atoms with Crippen LogP contribution in [0.25, 0.3) is 50.4 Å². The third kappa shape index (κ3) is 4.19. The van der Waals surface area contributed by atoms with E-state index in [2.05, 4.69) is 21.0 Å². The Morgan fingerprint density at radius 3 is 2.56 bits per heavy atom. The number of nitrogens with zero attached hydrogens (tertiary/aromatic N) is 9. The fourth-order valence-electron chi connectivity index (χ4n) is 6.28. The molecule has 6 aromatic rings. The molecule has 4 aromatic heterocycles. The molecule has 0 spiro atoms. The van der Waals surface area contributed by atoms with Crippen LogP contribution in [0.2, 0.25) is 0 Å². The molecular formula is C31H32FN9O2. The van der Waals surface area contributed by atoms with Crippen molar-refractivity contribution in [3.8, 4) is 28.3 Å². The molecule has 5 heterocycles. The lowest BCUT2D eigenvalue weighted by Crippen LogP contribution is -2.36. The Morgan fingerprint density at radius 1 is 1.00 bits per heavy atom. The van der Waals surface area contributed by atoms with Crippen molar-refractivity contribution >= 4 is 27.8 Å². The van der Waals surface area contributed by atoms with Crippen molar-refractivity contribution in [2.24, 2.45) is 27.1 Å². The predicted molar refractivity (Wildman–Crippen MR) is 162 cm³/mol. The monoisotopic (exact) mass is 581 g/mol. The largest absolute Gasteiger partial charge is 0.378 e. The topological polar surface area (TPSA) is 92.9 Å². The van der Waals surface area contributed by atoms with Crippen LogP contribution in [0.5, 0.6) is 0 Å². The summed E-state index contributed by atoms with van der Waals surface area (Å²) in [5.41, 5.74) is 6.47. The molecule has 220 valence electrons. The number of aryl methyl sites for hydroxylation is 3. The standard InChI is InChI=1S/C31H32FN9O2/c1-36-18-33-15-28(36)30-35-24-12-22(20-14-34-40(17-20)16-19-4-5-19)23(32)13-25(24)41(30)21-10-26-29(38(3)31(42)37(26)2)27(11-21)39-6-8-43-9-7-39/h10-15,17-19H,4-9,16H2,1-3H3. The van der Waals surface area contributed by atoms with Gasteiger partial charge in [-0.3, -0.25) is 18.4 Å². The fourth-order valence-corrected chi connectivity index (χ4v) is 6.28. The average molecular weight is 582 g/mol. The van der Waals surface area contributed by atoms with Gasteiger partial charge < -0.3 is 14.2 Å². The second-order valence-corrected chi connectivity index (χ2v) is 11.7. The van der Waals surface area contributed by atoms with Crippen LogP contribution in [-0.4, -0.2) is 64.3 Å². The normalized spacial score (nSPS) is 15.8. The van der Waals surface area contributed by atoms with E-state index in [0.29, 0.717) is 54.6 Å². The Balaban J connectivity index is 1.37. The first-order chi connectivity index (χ1) is 20.9. The van der Waals surface area contributed by atoms with Crippen molar-refractivity contribution in [2.45, 2.75) is 19.4 Å². The quantitative estimate of drug-likeness (QED) is 0.297. The molecule has 43 heavy (non-hydrogen) atoms. The van der Waals surface area contributed by atoms with Gasteiger partial charge in [-0.25, -0.2) is 19.2 Å². The molecule has 0 radical (unpaired) electrons. The minimum atomic E-state index is -0.349. The number of aromatic nitrogens is 8. The zero-order valence-corrected chi connectivity index (χ0v) is 24.4. The van der Waals surface area contributed by atoms with Crippen LogP contribution < -0.4 is 10.6 Å². The number of hydrogen-bond donors (Lipinski definition) is 0. The van der Waals surface area contributed by atoms with E-state index >= 15 is 4.39 Å². The SMILES string of the molecule is Cn1cncc1-c1nc2cc(-c3cnn(CC4CC4)c3)c(F)cc2n1-c1cc(N2CCOCC2)c2c(c1)n(C)c(=O)n2C. The molecule has 1 aliphatic carbocycles. The number of fused-ring (bicyclic) bond motifs is 2. The molecule has 0 atom stereocenters. The summed E-state index contributed by atoms with van der Waals surface area (Å²) in [6.07, 6.45) is 9.57. The zero-order valence-electron chi connectivity index (χ0n) is 24.4. The van der Waals surface area contributed by atoms with E-state index < -0.39 is 0 Å². The first-order valence-electron chi connectivity index (χ1n) is 14.6. The fraction of sp³-hybridized carbons (Fsp3) is 0.355. The summed E-state index contributed by atoms with van der Waals surface area (Å²) in [6, 6.07) is 7.41. The number of ether oxygens (including phenoxy) is 1. The van der Waals surface area contributed by atoms with Crippen molar-refractivity contribution in [2.75, 3.05) is 31.2 Å². The highest BCUT2D eigenvalue weighted by molar-refractivity contribution is 5.94. The van der Waals surface area contributed by atoms with Gasteiger partial charge in [0.05, 0.1) is 65.4 Å². The van der Waals surface area contributed by atoms with Crippen LogP contribution in [0.3, 0.4) is 0 Å². The molecule has 1 aliphatic heterocycles. The second-order valence-electron chi connectivity index (χ2n) is 11.7. The summed E-state index contributed by atoms with van der Waals surface area (Å²) in [7, 11) is 5.49. The summed E-state index contributed by atoms with van der Waals surface area (Å²) in [5.74, 6) is 0.947. The number of imidazole rings is 3. The highest BCUT2D eigenvalue weighted by atomic mass is 19.1. The van der Waals surface area contributed by atoms with Crippen molar-refractivity contribution in [1.82, 2.24) is 38.0 Å². The molecule has 1 saturated carbocycles. The van der Waals surface area contributed by atoms with Crippen LogP contribution in [0.15, 0.2) is 54.0 Å². The first-order valence-corrected chi connectivity index (χ1v) is 14.6. The van der Waals surface area contributed by atoms with E-state index in [0.717, 1.165) is 40.2 Å². The molecule has 2 fully saturated rings. The highest BCUT2D eigenvalue weighted by Crippen LogP contribution is 2.37. The lowest BCUT2D eigenvalue weighted by Gasteiger charge is -2.30. The summed E-state index contributed by atoms with van der Waals surface area (Å²) in [4.78, 5) is 24.7. The van der Waals surface area contributed by atoms with Crippen molar-refractivity contribution in [3.05, 3.63) is 65.5 Å². The van der Waals surface area contributed by atoms with Gasteiger partial charge >= 0.3 is 5.69 Å². The van der Waals surface area contributed by atoms with Gasteiger partial charge in [-0.2, -0.15) is 5.10 Å². The van der Waals surface area contributed by atoms with E-state index in [1.54, 1.807) is 54.1 Å². The third-order valence-corrected chi connectivity index (χ3v) is 8.81. The van der Waals surface area contributed by atoms with E-state index in [1.807, 2.05) is 33.1 Å². The lowest BCUT2D eigenvalue weighted by molar-refractivity contribution is 0.123. The predicted octanol–water partition coefficient (Wildman–Crippen LogP) is 3.87. The van der Waals surface area contributed by atoms with Crippen LogP contribution in [0, 0.1) is 11.7 Å². The maximum absolute atomic E-state index is 16.0.